The van der Waals surface area contributed by atoms with Crippen LogP contribution in [-0.2, 0) is 14.4 Å². The van der Waals surface area contributed by atoms with Crippen LogP contribution in [0.1, 0.15) is 46.5 Å². The molecule has 0 saturated carbocycles. The summed E-state index contributed by atoms with van der Waals surface area (Å²) < 4.78 is 0. The third-order valence-electron chi connectivity index (χ3n) is 3.89. The van der Waals surface area contributed by atoms with Gasteiger partial charge in [-0.15, -0.1) is 0 Å². The van der Waals surface area contributed by atoms with Gasteiger partial charge in [0.05, 0.1) is 11.4 Å². The molecule has 152 valence electrons. The van der Waals surface area contributed by atoms with Gasteiger partial charge < -0.3 is 26.2 Å². The second-order valence-electron chi connectivity index (χ2n) is 6.84. The summed E-state index contributed by atoms with van der Waals surface area (Å²) in [7, 11) is 0. The molecule has 0 aromatic heterocycles. The highest BCUT2D eigenvalue weighted by Gasteiger charge is 2.32. The van der Waals surface area contributed by atoms with E-state index in [9.17, 15) is 19.5 Å². The predicted octanol–water partition coefficient (Wildman–Crippen LogP) is 0.0582. The summed E-state index contributed by atoms with van der Waals surface area (Å²) in [5.74, 6) is -0.989. The van der Waals surface area contributed by atoms with E-state index in [2.05, 4.69) is 38.8 Å². The lowest BCUT2D eigenvalue weighted by atomic mass is 9.87. The highest BCUT2D eigenvalue weighted by molar-refractivity contribution is 9.10. The first kappa shape index (κ1) is 24.8. The highest BCUT2D eigenvalue weighted by atomic mass is 79.9. The number of aliphatic hydroxyl groups excluding tert-OH is 2. The Labute approximate surface area is 163 Å². The molecule has 0 rings (SSSR count). The first-order chi connectivity index (χ1) is 12.2. The van der Waals surface area contributed by atoms with E-state index in [1.54, 1.807) is 13.8 Å². The molecule has 0 saturated heterocycles. The molecular weight excluding hydrogens is 406 g/mol. The molecular formula is C17H32BrN3O5. The molecule has 26 heavy (non-hydrogen) atoms. The van der Waals surface area contributed by atoms with Crippen molar-refractivity contribution in [1.29, 1.82) is 0 Å². The number of unbranched alkanes of at least 4 members (excludes halogenated alkanes) is 1. The quantitative estimate of drug-likeness (QED) is 0.205. The van der Waals surface area contributed by atoms with Gasteiger partial charge in [0, 0.05) is 31.5 Å². The van der Waals surface area contributed by atoms with Gasteiger partial charge in [-0.25, -0.2) is 0 Å². The van der Waals surface area contributed by atoms with Crippen LogP contribution >= 0.6 is 15.9 Å². The van der Waals surface area contributed by atoms with Crippen molar-refractivity contribution < 1.29 is 24.6 Å². The Morgan fingerprint density at radius 1 is 1.04 bits per heavy atom. The largest absolute Gasteiger partial charge is 0.396 e. The van der Waals surface area contributed by atoms with Crippen LogP contribution < -0.4 is 16.0 Å². The fourth-order valence-corrected chi connectivity index (χ4v) is 2.42. The molecule has 0 spiro atoms. The zero-order valence-electron chi connectivity index (χ0n) is 15.8. The molecule has 9 heteroatoms. The molecule has 0 radical (unpaired) electrons. The second kappa shape index (κ2) is 13.1. The molecule has 8 nitrogen and oxygen atoms in total. The third-order valence-corrected chi connectivity index (χ3v) is 4.76. The van der Waals surface area contributed by atoms with Crippen LogP contribution in [0.3, 0.4) is 0 Å². The summed E-state index contributed by atoms with van der Waals surface area (Å²) in [5.41, 5.74) is -0.949. The summed E-state index contributed by atoms with van der Waals surface area (Å²) in [5, 5.41) is 26.8. The Morgan fingerprint density at radius 3 is 2.19 bits per heavy atom. The van der Waals surface area contributed by atoms with E-state index >= 15 is 0 Å². The maximum atomic E-state index is 11.8. The molecule has 5 N–H and O–H groups in total. The second-order valence-corrected chi connectivity index (χ2v) is 7.95. The van der Waals surface area contributed by atoms with Gasteiger partial charge in [0.25, 0.3) is 0 Å². The predicted molar refractivity (Wildman–Crippen MR) is 103 cm³/mol. The number of halogens is 1. The van der Waals surface area contributed by atoms with E-state index in [0.29, 0.717) is 13.1 Å². The SMILES string of the molecule is CCCC[C@@H](Br)C(=O)NCCNC(=O)CCNC(=O)[C@H](O)C(C)(C)CO. The summed E-state index contributed by atoms with van der Waals surface area (Å²) in [6.07, 6.45) is 1.47. The minimum Gasteiger partial charge on any atom is -0.396 e. The van der Waals surface area contributed by atoms with Gasteiger partial charge in [-0.3, -0.25) is 14.4 Å². The lowest BCUT2D eigenvalue weighted by Crippen LogP contribution is -2.46. The van der Waals surface area contributed by atoms with Gasteiger partial charge in [0.15, 0.2) is 0 Å². The molecule has 3 amide bonds. The number of amides is 3. The molecule has 0 bridgehead atoms. The minimum atomic E-state index is -1.35. The topological polar surface area (TPSA) is 128 Å². The smallest absolute Gasteiger partial charge is 0.249 e. The maximum absolute atomic E-state index is 11.8. The zero-order valence-corrected chi connectivity index (χ0v) is 17.4. The third kappa shape index (κ3) is 10.1. The van der Waals surface area contributed by atoms with Crippen LogP contribution in [0.25, 0.3) is 0 Å². The molecule has 2 atom stereocenters. The average Bonchev–Trinajstić information content (AvgIpc) is 2.61. The summed E-state index contributed by atoms with van der Waals surface area (Å²) in [4.78, 5) is 35.0. The molecule has 0 unspecified atom stereocenters. The first-order valence-corrected chi connectivity index (χ1v) is 9.82. The average molecular weight is 438 g/mol. The van der Waals surface area contributed by atoms with Crippen molar-refractivity contribution in [2.75, 3.05) is 26.2 Å². The van der Waals surface area contributed by atoms with Gasteiger partial charge in [-0.2, -0.15) is 0 Å². The zero-order chi connectivity index (χ0) is 20.2. The Hall–Kier alpha value is -1.19. The number of carbonyl (C=O) groups is 3. The van der Waals surface area contributed by atoms with Crippen LogP contribution in [0, 0.1) is 5.41 Å². The van der Waals surface area contributed by atoms with Crippen LogP contribution in [-0.4, -0.2) is 65.1 Å². The number of carbonyl (C=O) groups excluding carboxylic acids is 3. The minimum absolute atomic E-state index is 0.0591. The number of hydrogen-bond donors (Lipinski definition) is 5. The van der Waals surface area contributed by atoms with E-state index in [1.807, 2.05) is 0 Å². The summed E-state index contributed by atoms with van der Waals surface area (Å²) >= 11 is 3.33. The van der Waals surface area contributed by atoms with E-state index < -0.39 is 17.4 Å². The van der Waals surface area contributed by atoms with Crippen LogP contribution in [0.4, 0.5) is 0 Å². The number of alkyl halides is 1. The Kier molecular flexibility index (Phi) is 12.5. The lowest BCUT2D eigenvalue weighted by molar-refractivity contribution is -0.137. The van der Waals surface area contributed by atoms with Gasteiger partial charge in [0.1, 0.15) is 6.10 Å². The van der Waals surface area contributed by atoms with Crippen LogP contribution in [0.5, 0.6) is 0 Å². The van der Waals surface area contributed by atoms with Crippen LogP contribution in [0.2, 0.25) is 0 Å². The number of hydrogen-bond acceptors (Lipinski definition) is 5. The van der Waals surface area contributed by atoms with Crippen molar-refractivity contribution in [3.05, 3.63) is 0 Å². The first-order valence-electron chi connectivity index (χ1n) is 8.90. The Balaban J connectivity index is 3.88. The molecule has 0 heterocycles. The van der Waals surface area contributed by atoms with Gasteiger partial charge >= 0.3 is 0 Å². The van der Waals surface area contributed by atoms with Crippen molar-refractivity contribution in [2.45, 2.75) is 57.4 Å². The van der Waals surface area contributed by atoms with E-state index in [0.717, 1.165) is 19.3 Å². The maximum Gasteiger partial charge on any atom is 0.249 e. The molecule has 0 aliphatic carbocycles. The Morgan fingerprint density at radius 2 is 1.62 bits per heavy atom. The van der Waals surface area contributed by atoms with E-state index in [1.165, 1.54) is 0 Å². The van der Waals surface area contributed by atoms with E-state index in [-0.39, 0.29) is 36.2 Å². The number of nitrogens with one attached hydrogen (secondary N) is 3. The van der Waals surface area contributed by atoms with Crippen molar-refractivity contribution >= 4 is 33.7 Å². The van der Waals surface area contributed by atoms with Crippen LogP contribution in [0.15, 0.2) is 0 Å². The lowest BCUT2D eigenvalue weighted by Gasteiger charge is -2.27. The fraction of sp³-hybridized carbons (Fsp3) is 0.824. The van der Waals surface area contributed by atoms with Gasteiger partial charge in [0.2, 0.25) is 17.7 Å². The summed E-state index contributed by atoms with van der Waals surface area (Å²) in [6, 6.07) is 0. The molecule has 0 fully saturated rings. The van der Waals surface area contributed by atoms with E-state index in [4.69, 9.17) is 5.11 Å². The van der Waals surface area contributed by atoms with Crippen molar-refractivity contribution in [1.82, 2.24) is 16.0 Å². The molecule has 0 aromatic rings. The van der Waals surface area contributed by atoms with Gasteiger partial charge in [-0.1, -0.05) is 49.5 Å². The molecule has 0 aromatic carbocycles. The van der Waals surface area contributed by atoms with Crippen molar-refractivity contribution in [3.63, 3.8) is 0 Å². The van der Waals surface area contributed by atoms with Crippen molar-refractivity contribution in [2.24, 2.45) is 5.41 Å². The summed E-state index contributed by atoms with van der Waals surface area (Å²) in [6.45, 7) is 5.57. The number of aliphatic hydroxyl groups is 2. The Bertz CT molecular complexity index is 460. The number of rotatable bonds is 13. The van der Waals surface area contributed by atoms with Gasteiger partial charge in [-0.05, 0) is 6.42 Å². The standard InChI is InChI=1S/C17H32BrN3O5/c1-4-5-6-12(18)15(25)21-10-9-19-13(23)7-8-20-16(26)14(24)17(2,3)11-22/h12,14,22,24H,4-11H2,1-3H3,(H,19,23)(H,20,26)(H,21,25)/t12-,14+/m1/s1. The highest BCUT2D eigenvalue weighted by Crippen LogP contribution is 2.19. The molecule has 0 aliphatic heterocycles. The van der Waals surface area contributed by atoms with Crippen molar-refractivity contribution in [3.8, 4) is 0 Å². The monoisotopic (exact) mass is 437 g/mol. The molecule has 0 aliphatic rings. The fourth-order valence-electron chi connectivity index (χ4n) is 1.94. The normalized spacial score (nSPS) is 13.6.